The zero-order chi connectivity index (χ0) is 23.3. The first-order valence-corrected chi connectivity index (χ1v) is 10.7. The molecule has 10 nitrogen and oxygen atoms in total. The first kappa shape index (κ1) is 22.9. The molecule has 0 bridgehead atoms. The fourth-order valence-electron chi connectivity index (χ4n) is 2.99. The van der Waals surface area contributed by atoms with Gasteiger partial charge in [-0.2, -0.15) is 0 Å². The minimum Gasteiger partial charge on any atom is -0.342 e. The topological polar surface area (TPSA) is 132 Å². The molecule has 0 unspecified atom stereocenters. The molecule has 0 radical (unpaired) electrons. The summed E-state index contributed by atoms with van der Waals surface area (Å²) < 4.78 is 1.73. The summed E-state index contributed by atoms with van der Waals surface area (Å²) in [6.07, 6.45) is 0. The molecule has 0 saturated carbocycles. The van der Waals surface area contributed by atoms with Gasteiger partial charge in [-0.05, 0) is 37.6 Å². The number of nitro groups is 1. The van der Waals surface area contributed by atoms with E-state index in [4.69, 9.17) is 0 Å². The monoisotopic (exact) mass is 454 g/mol. The van der Waals surface area contributed by atoms with Crippen molar-refractivity contribution in [1.29, 1.82) is 0 Å². The van der Waals surface area contributed by atoms with E-state index in [1.165, 1.54) is 36.0 Å². The number of aromatic nitrogens is 3. The van der Waals surface area contributed by atoms with Crippen LogP contribution in [0.5, 0.6) is 0 Å². The van der Waals surface area contributed by atoms with Gasteiger partial charge in [0.05, 0.1) is 16.7 Å². The number of benzene rings is 2. The Morgan fingerprint density at radius 1 is 1.16 bits per heavy atom. The molecular formula is C21H22N6O4S. The van der Waals surface area contributed by atoms with Crippen LogP contribution in [0.3, 0.4) is 0 Å². The van der Waals surface area contributed by atoms with E-state index in [9.17, 15) is 19.7 Å². The molecule has 32 heavy (non-hydrogen) atoms. The Morgan fingerprint density at radius 3 is 2.50 bits per heavy atom. The lowest BCUT2D eigenvalue weighted by molar-refractivity contribution is -0.384. The van der Waals surface area contributed by atoms with E-state index in [-0.39, 0.29) is 29.3 Å². The van der Waals surface area contributed by atoms with E-state index in [1.54, 1.807) is 17.7 Å². The molecule has 2 amide bonds. The SMILES string of the molecule is Cc1ccccc1C(=O)N[C@@H](C)c1nnc(SCC(=O)Nc2ccc([N+](=O)[O-])cc2)n1C. The lowest BCUT2D eigenvalue weighted by Crippen LogP contribution is -2.29. The lowest BCUT2D eigenvalue weighted by atomic mass is 10.1. The van der Waals surface area contributed by atoms with Crippen molar-refractivity contribution in [3.63, 3.8) is 0 Å². The zero-order valence-corrected chi connectivity index (χ0v) is 18.5. The highest BCUT2D eigenvalue weighted by Gasteiger charge is 2.19. The van der Waals surface area contributed by atoms with Gasteiger partial charge in [-0.15, -0.1) is 10.2 Å². The van der Waals surface area contributed by atoms with E-state index < -0.39 is 4.92 Å². The number of hydrogen-bond acceptors (Lipinski definition) is 7. The maximum Gasteiger partial charge on any atom is 0.269 e. The Bertz CT molecular complexity index is 1150. The molecule has 0 fully saturated rings. The first-order valence-electron chi connectivity index (χ1n) is 9.69. The van der Waals surface area contributed by atoms with Gasteiger partial charge in [-0.3, -0.25) is 19.7 Å². The van der Waals surface area contributed by atoms with Crippen LogP contribution in [0.2, 0.25) is 0 Å². The van der Waals surface area contributed by atoms with Crippen LogP contribution in [-0.4, -0.2) is 37.3 Å². The van der Waals surface area contributed by atoms with Crippen molar-refractivity contribution in [2.24, 2.45) is 7.05 Å². The van der Waals surface area contributed by atoms with Gasteiger partial charge < -0.3 is 15.2 Å². The van der Waals surface area contributed by atoms with Crippen LogP contribution in [-0.2, 0) is 11.8 Å². The molecule has 3 aromatic rings. The molecule has 11 heteroatoms. The standard InChI is InChI=1S/C21H22N6O4S/c1-13-6-4-5-7-17(13)20(29)22-14(2)19-24-25-21(26(19)3)32-12-18(28)23-15-8-10-16(11-9-15)27(30)31/h4-11,14H,12H2,1-3H3,(H,22,29)(H,23,28)/t14-/m0/s1. The fourth-order valence-corrected chi connectivity index (χ4v) is 3.71. The molecule has 2 aromatic carbocycles. The van der Waals surface area contributed by atoms with E-state index in [0.717, 1.165) is 5.56 Å². The molecule has 166 valence electrons. The number of rotatable bonds is 8. The van der Waals surface area contributed by atoms with Gasteiger partial charge >= 0.3 is 0 Å². The second-order valence-corrected chi connectivity index (χ2v) is 7.99. The van der Waals surface area contributed by atoms with Crippen LogP contribution >= 0.6 is 11.8 Å². The maximum absolute atomic E-state index is 12.6. The highest BCUT2D eigenvalue weighted by atomic mass is 32.2. The number of thioether (sulfide) groups is 1. The summed E-state index contributed by atoms with van der Waals surface area (Å²) >= 11 is 1.19. The third kappa shape index (κ3) is 5.49. The summed E-state index contributed by atoms with van der Waals surface area (Å²) in [7, 11) is 1.77. The summed E-state index contributed by atoms with van der Waals surface area (Å²) in [5.41, 5.74) is 1.89. The van der Waals surface area contributed by atoms with Crippen LogP contribution in [0.4, 0.5) is 11.4 Å². The van der Waals surface area contributed by atoms with E-state index in [2.05, 4.69) is 20.8 Å². The lowest BCUT2D eigenvalue weighted by Gasteiger charge is -2.14. The molecule has 3 rings (SSSR count). The summed E-state index contributed by atoms with van der Waals surface area (Å²) in [6.45, 7) is 3.69. The van der Waals surface area contributed by atoms with Gasteiger partial charge in [0.2, 0.25) is 5.91 Å². The van der Waals surface area contributed by atoms with Crippen molar-refractivity contribution in [2.45, 2.75) is 25.0 Å². The van der Waals surface area contributed by atoms with Gasteiger partial charge in [0.25, 0.3) is 11.6 Å². The van der Waals surface area contributed by atoms with Crippen molar-refractivity contribution >= 4 is 35.0 Å². The number of anilines is 1. The predicted molar refractivity (Wildman–Crippen MR) is 121 cm³/mol. The van der Waals surface area contributed by atoms with Crippen LogP contribution in [0, 0.1) is 17.0 Å². The number of carbonyl (C=O) groups is 2. The third-order valence-corrected chi connectivity index (χ3v) is 5.71. The Kier molecular flexibility index (Phi) is 7.21. The summed E-state index contributed by atoms with van der Waals surface area (Å²) in [5, 5.41) is 25.1. The van der Waals surface area contributed by atoms with Crippen molar-refractivity contribution in [1.82, 2.24) is 20.1 Å². The molecule has 1 heterocycles. The van der Waals surface area contributed by atoms with Gasteiger partial charge in [0, 0.05) is 30.4 Å². The molecule has 0 spiro atoms. The van der Waals surface area contributed by atoms with Crippen LogP contribution < -0.4 is 10.6 Å². The second kappa shape index (κ2) is 10.1. The molecule has 0 aliphatic carbocycles. The van der Waals surface area contributed by atoms with E-state index >= 15 is 0 Å². The summed E-state index contributed by atoms with van der Waals surface area (Å²) in [6, 6.07) is 12.5. The number of nitrogens with one attached hydrogen (secondary N) is 2. The first-order chi connectivity index (χ1) is 15.3. The van der Waals surface area contributed by atoms with Crippen molar-refractivity contribution in [3.05, 3.63) is 75.6 Å². The molecule has 0 aliphatic heterocycles. The maximum atomic E-state index is 12.6. The molecule has 0 aliphatic rings. The molecule has 1 atom stereocenters. The summed E-state index contributed by atoms with van der Waals surface area (Å²) in [5.74, 6) is 0.155. The van der Waals surface area contributed by atoms with Crippen LogP contribution in [0.15, 0.2) is 53.7 Å². The van der Waals surface area contributed by atoms with Gasteiger partial charge in [0.1, 0.15) is 0 Å². The quantitative estimate of drug-likeness (QED) is 0.303. The number of hydrogen-bond donors (Lipinski definition) is 2. The van der Waals surface area contributed by atoms with Crippen molar-refractivity contribution in [2.75, 3.05) is 11.1 Å². The zero-order valence-electron chi connectivity index (χ0n) is 17.7. The Labute approximate surface area is 188 Å². The Hall–Kier alpha value is -3.73. The van der Waals surface area contributed by atoms with E-state index in [0.29, 0.717) is 22.2 Å². The van der Waals surface area contributed by atoms with Crippen molar-refractivity contribution < 1.29 is 14.5 Å². The minimum absolute atomic E-state index is 0.0485. The largest absolute Gasteiger partial charge is 0.342 e. The third-order valence-electron chi connectivity index (χ3n) is 4.69. The highest BCUT2D eigenvalue weighted by Crippen LogP contribution is 2.21. The van der Waals surface area contributed by atoms with Gasteiger partial charge in [-0.1, -0.05) is 30.0 Å². The number of carbonyl (C=O) groups excluding carboxylic acids is 2. The average molecular weight is 455 g/mol. The van der Waals surface area contributed by atoms with Crippen molar-refractivity contribution in [3.8, 4) is 0 Å². The Morgan fingerprint density at radius 2 is 1.84 bits per heavy atom. The number of amides is 2. The molecular weight excluding hydrogens is 432 g/mol. The number of non-ortho nitro benzene ring substituents is 1. The average Bonchev–Trinajstić information content (AvgIpc) is 3.13. The normalized spacial score (nSPS) is 11.6. The highest BCUT2D eigenvalue weighted by molar-refractivity contribution is 7.99. The number of nitro benzene ring substituents is 1. The van der Waals surface area contributed by atoms with E-state index in [1.807, 2.05) is 32.0 Å². The number of nitrogens with zero attached hydrogens (tertiary/aromatic N) is 4. The minimum atomic E-state index is -0.502. The second-order valence-electron chi connectivity index (χ2n) is 7.05. The smallest absolute Gasteiger partial charge is 0.269 e. The Balaban J connectivity index is 1.57. The number of aryl methyl sites for hydroxylation is 1. The summed E-state index contributed by atoms with van der Waals surface area (Å²) in [4.78, 5) is 35.0. The van der Waals surface area contributed by atoms with Gasteiger partial charge in [0.15, 0.2) is 11.0 Å². The fraction of sp³-hybridized carbons (Fsp3) is 0.238. The van der Waals surface area contributed by atoms with Crippen LogP contribution in [0.25, 0.3) is 0 Å². The van der Waals surface area contributed by atoms with Gasteiger partial charge in [-0.25, -0.2) is 0 Å². The predicted octanol–water partition coefficient (Wildman–Crippen LogP) is 3.25. The molecule has 0 saturated heterocycles. The molecule has 2 N–H and O–H groups in total. The van der Waals surface area contributed by atoms with Crippen LogP contribution in [0.1, 0.15) is 34.7 Å². The molecule has 1 aromatic heterocycles.